The van der Waals surface area contributed by atoms with Gasteiger partial charge in [0.15, 0.2) is 0 Å². The summed E-state index contributed by atoms with van der Waals surface area (Å²) in [6, 6.07) is 11.0. The van der Waals surface area contributed by atoms with Crippen molar-refractivity contribution in [2.75, 3.05) is 11.6 Å². The summed E-state index contributed by atoms with van der Waals surface area (Å²) in [6.45, 7) is 0. The van der Waals surface area contributed by atoms with Crippen molar-refractivity contribution in [1.82, 2.24) is 0 Å². The van der Waals surface area contributed by atoms with E-state index in [-0.39, 0.29) is 16.9 Å². The van der Waals surface area contributed by atoms with Crippen LogP contribution in [0.5, 0.6) is 0 Å². The fourth-order valence-corrected chi connectivity index (χ4v) is 2.24. The Balaban J connectivity index is 2.42. The van der Waals surface area contributed by atoms with E-state index in [1.807, 2.05) is 24.5 Å². The summed E-state index contributed by atoms with van der Waals surface area (Å²) in [5, 5.41) is 22.9. The molecule has 0 saturated carbocycles. The highest BCUT2D eigenvalue weighted by Crippen LogP contribution is 2.30. The van der Waals surface area contributed by atoms with Crippen LogP contribution in [-0.4, -0.2) is 22.3 Å². The average Bonchev–Trinajstić information content (AvgIpc) is 2.47. The zero-order valence-corrected chi connectivity index (χ0v) is 11.9. The number of nitro groups is 1. The van der Waals surface area contributed by atoms with Crippen molar-refractivity contribution in [3.8, 4) is 0 Å². The number of rotatable bonds is 5. The highest BCUT2D eigenvalue weighted by atomic mass is 32.2. The number of nitro benzene ring substituents is 1. The Labute approximate surface area is 125 Å². The van der Waals surface area contributed by atoms with Gasteiger partial charge in [0, 0.05) is 16.6 Å². The minimum absolute atomic E-state index is 0.0101. The number of carbonyl (C=O) groups is 1. The van der Waals surface area contributed by atoms with Gasteiger partial charge in [0.2, 0.25) is 0 Å². The molecule has 2 aromatic rings. The van der Waals surface area contributed by atoms with Crippen LogP contribution in [-0.2, 0) is 0 Å². The molecule has 0 aliphatic rings. The highest BCUT2D eigenvalue weighted by Gasteiger charge is 2.16. The molecule has 0 amide bonds. The van der Waals surface area contributed by atoms with E-state index in [0.717, 1.165) is 4.90 Å². The SMILES string of the molecule is CSc1cccc(Nc2cc(C(=O)O)ccc2[N+](=O)[O-])c1. The van der Waals surface area contributed by atoms with Crippen molar-refractivity contribution in [2.45, 2.75) is 4.90 Å². The molecule has 6 nitrogen and oxygen atoms in total. The smallest absolute Gasteiger partial charge is 0.335 e. The number of benzene rings is 2. The molecule has 2 aromatic carbocycles. The summed E-state index contributed by atoms with van der Waals surface area (Å²) in [5.74, 6) is -1.13. The lowest BCUT2D eigenvalue weighted by Crippen LogP contribution is -2.01. The summed E-state index contributed by atoms with van der Waals surface area (Å²) < 4.78 is 0. The Morgan fingerprint density at radius 1 is 1.29 bits per heavy atom. The molecular weight excluding hydrogens is 292 g/mol. The molecule has 0 aliphatic carbocycles. The first-order valence-electron chi connectivity index (χ1n) is 5.94. The van der Waals surface area contributed by atoms with E-state index < -0.39 is 10.9 Å². The van der Waals surface area contributed by atoms with Gasteiger partial charge in [-0.05, 0) is 36.6 Å². The predicted molar refractivity (Wildman–Crippen MR) is 81.6 cm³/mol. The molecule has 0 aromatic heterocycles. The van der Waals surface area contributed by atoms with Gasteiger partial charge in [-0.3, -0.25) is 10.1 Å². The summed E-state index contributed by atoms with van der Waals surface area (Å²) in [6.07, 6.45) is 1.92. The molecular formula is C14H12N2O4S. The minimum Gasteiger partial charge on any atom is -0.478 e. The number of hydrogen-bond acceptors (Lipinski definition) is 5. The molecule has 108 valence electrons. The van der Waals surface area contributed by atoms with Gasteiger partial charge in [0.25, 0.3) is 5.69 Å². The topological polar surface area (TPSA) is 92.5 Å². The van der Waals surface area contributed by atoms with Gasteiger partial charge in [0.1, 0.15) is 5.69 Å². The third-order valence-electron chi connectivity index (χ3n) is 2.79. The van der Waals surface area contributed by atoms with Crippen molar-refractivity contribution in [3.05, 3.63) is 58.1 Å². The van der Waals surface area contributed by atoms with Crippen LogP contribution >= 0.6 is 11.8 Å². The van der Waals surface area contributed by atoms with Gasteiger partial charge in [-0.1, -0.05) is 6.07 Å². The number of hydrogen-bond donors (Lipinski definition) is 2. The maximum atomic E-state index is 11.0. The Hall–Kier alpha value is -2.54. The lowest BCUT2D eigenvalue weighted by molar-refractivity contribution is -0.383. The molecule has 0 atom stereocenters. The van der Waals surface area contributed by atoms with Crippen LogP contribution < -0.4 is 5.32 Å². The maximum Gasteiger partial charge on any atom is 0.335 e. The normalized spacial score (nSPS) is 10.1. The molecule has 0 unspecified atom stereocenters. The van der Waals surface area contributed by atoms with E-state index in [4.69, 9.17) is 5.11 Å². The van der Waals surface area contributed by atoms with Crippen molar-refractivity contribution in [3.63, 3.8) is 0 Å². The molecule has 0 heterocycles. The van der Waals surface area contributed by atoms with Crippen LogP contribution in [0.25, 0.3) is 0 Å². The van der Waals surface area contributed by atoms with E-state index in [9.17, 15) is 14.9 Å². The predicted octanol–water partition coefficient (Wildman–Crippen LogP) is 3.76. The van der Waals surface area contributed by atoms with E-state index in [0.29, 0.717) is 5.69 Å². The third kappa shape index (κ3) is 3.51. The van der Waals surface area contributed by atoms with Crippen LogP contribution in [0.4, 0.5) is 17.1 Å². The lowest BCUT2D eigenvalue weighted by atomic mass is 10.1. The van der Waals surface area contributed by atoms with Gasteiger partial charge in [-0.15, -0.1) is 11.8 Å². The molecule has 0 saturated heterocycles. The Morgan fingerprint density at radius 2 is 2.05 bits per heavy atom. The number of carboxylic acids is 1. The molecule has 21 heavy (non-hydrogen) atoms. The fourth-order valence-electron chi connectivity index (χ4n) is 1.78. The van der Waals surface area contributed by atoms with Crippen LogP contribution in [0.3, 0.4) is 0 Å². The number of thioether (sulfide) groups is 1. The fraction of sp³-hybridized carbons (Fsp3) is 0.0714. The van der Waals surface area contributed by atoms with Crippen LogP contribution in [0.1, 0.15) is 10.4 Å². The number of carboxylic acid groups (broad SMARTS) is 1. The monoisotopic (exact) mass is 304 g/mol. The van der Waals surface area contributed by atoms with Crippen molar-refractivity contribution in [2.24, 2.45) is 0 Å². The van der Waals surface area contributed by atoms with Crippen molar-refractivity contribution < 1.29 is 14.8 Å². The van der Waals surface area contributed by atoms with E-state index >= 15 is 0 Å². The zero-order valence-electron chi connectivity index (χ0n) is 11.1. The first kappa shape index (κ1) is 14.9. The summed E-state index contributed by atoms with van der Waals surface area (Å²) in [5.41, 5.74) is 0.629. The maximum absolute atomic E-state index is 11.0. The zero-order chi connectivity index (χ0) is 15.4. The van der Waals surface area contributed by atoms with Crippen LogP contribution in [0.2, 0.25) is 0 Å². The molecule has 0 radical (unpaired) electrons. The van der Waals surface area contributed by atoms with E-state index in [2.05, 4.69) is 5.32 Å². The molecule has 0 bridgehead atoms. The lowest BCUT2D eigenvalue weighted by Gasteiger charge is -2.09. The van der Waals surface area contributed by atoms with E-state index in [1.54, 1.807) is 17.8 Å². The molecule has 0 spiro atoms. The third-order valence-corrected chi connectivity index (χ3v) is 3.51. The second kappa shape index (κ2) is 6.27. The average molecular weight is 304 g/mol. The molecule has 2 rings (SSSR count). The number of anilines is 2. The van der Waals surface area contributed by atoms with Crippen LogP contribution in [0.15, 0.2) is 47.4 Å². The Kier molecular flexibility index (Phi) is 4.44. The highest BCUT2D eigenvalue weighted by molar-refractivity contribution is 7.98. The second-order valence-corrected chi connectivity index (χ2v) is 5.03. The number of nitrogens with one attached hydrogen (secondary N) is 1. The molecule has 7 heteroatoms. The van der Waals surface area contributed by atoms with Crippen LogP contribution in [0, 0.1) is 10.1 Å². The summed E-state index contributed by atoms with van der Waals surface area (Å²) in [7, 11) is 0. The van der Waals surface area contributed by atoms with Crippen molar-refractivity contribution in [1.29, 1.82) is 0 Å². The summed E-state index contributed by atoms with van der Waals surface area (Å²) >= 11 is 1.54. The van der Waals surface area contributed by atoms with Gasteiger partial charge < -0.3 is 10.4 Å². The number of nitrogens with zero attached hydrogens (tertiary/aromatic N) is 1. The molecule has 0 fully saturated rings. The summed E-state index contributed by atoms with van der Waals surface area (Å²) in [4.78, 5) is 22.5. The van der Waals surface area contributed by atoms with Gasteiger partial charge in [-0.25, -0.2) is 4.79 Å². The van der Waals surface area contributed by atoms with Gasteiger partial charge in [-0.2, -0.15) is 0 Å². The molecule has 0 aliphatic heterocycles. The first-order chi connectivity index (χ1) is 10.0. The molecule has 2 N–H and O–H groups in total. The minimum atomic E-state index is -1.13. The van der Waals surface area contributed by atoms with Crippen molar-refractivity contribution >= 4 is 34.8 Å². The first-order valence-corrected chi connectivity index (χ1v) is 7.16. The number of aromatic carboxylic acids is 1. The second-order valence-electron chi connectivity index (χ2n) is 4.15. The standard InChI is InChI=1S/C14H12N2O4S/c1-21-11-4-2-3-10(8-11)15-12-7-9(14(17)18)5-6-13(12)16(19)20/h2-8,15H,1H3,(H,17,18). The van der Waals surface area contributed by atoms with E-state index in [1.165, 1.54) is 18.2 Å². The largest absolute Gasteiger partial charge is 0.478 e. The Bertz CT molecular complexity index is 703. The Morgan fingerprint density at radius 3 is 2.67 bits per heavy atom. The van der Waals surface area contributed by atoms with Gasteiger partial charge in [0.05, 0.1) is 10.5 Å². The van der Waals surface area contributed by atoms with Gasteiger partial charge >= 0.3 is 5.97 Å². The quantitative estimate of drug-likeness (QED) is 0.496.